The van der Waals surface area contributed by atoms with E-state index in [0.29, 0.717) is 53.3 Å². The molecule has 0 amide bonds. The van der Waals surface area contributed by atoms with Crippen LogP contribution in [0.15, 0.2) is 60.8 Å². The molecule has 4 aromatic rings. The van der Waals surface area contributed by atoms with E-state index in [-0.39, 0.29) is 11.4 Å². The predicted octanol–water partition coefficient (Wildman–Crippen LogP) is 3.71. The summed E-state index contributed by atoms with van der Waals surface area (Å²) in [6.45, 7) is 3.02. The van der Waals surface area contributed by atoms with Crippen molar-refractivity contribution in [2.75, 3.05) is 23.1 Å². The number of nitrogens with zero attached hydrogens (tertiary/aromatic N) is 3. The molecule has 0 bridgehead atoms. The van der Waals surface area contributed by atoms with E-state index in [4.69, 9.17) is 5.73 Å². The fourth-order valence-corrected chi connectivity index (χ4v) is 4.73. The minimum Gasteiger partial charge on any atom is -0.353 e. The minimum absolute atomic E-state index is 0.116. The Labute approximate surface area is 197 Å². The van der Waals surface area contributed by atoms with Crippen molar-refractivity contribution in [2.45, 2.75) is 19.1 Å². The van der Waals surface area contributed by atoms with E-state index in [0.717, 1.165) is 5.56 Å². The number of nitrogens with two attached hydrogens (primary N) is 1. The first-order valence-electron chi connectivity index (χ1n) is 10.8. The molecule has 2 aromatic heterocycles. The third kappa shape index (κ3) is 5.46. The number of benzene rings is 2. The van der Waals surface area contributed by atoms with Crippen LogP contribution in [-0.4, -0.2) is 36.5 Å². The normalized spacial score (nSPS) is 11.5. The van der Waals surface area contributed by atoms with E-state index in [9.17, 15) is 12.8 Å². The third-order valence-electron chi connectivity index (χ3n) is 5.16. The number of pyridine rings is 1. The fourth-order valence-electron chi connectivity index (χ4n) is 3.53. The summed E-state index contributed by atoms with van der Waals surface area (Å²) < 4.78 is 42.2. The maximum atomic E-state index is 14.9. The van der Waals surface area contributed by atoms with Gasteiger partial charge in [0.25, 0.3) is 0 Å². The number of hydrogen-bond donors (Lipinski definition) is 3. The van der Waals surface area contributed by atoms with Gasteiger partial charge >= 0.3 is 0 Å². The van der Waals surface area contributed by atoms with Crippen LogP contribution in [-0.2, 0) is 22.2 Å². The molecule has 34 heavy (non-hydrogen) atoms. The highest BCUT2D eigenvalue weighted by atomic mass is 32.2. The van der Waals surface area contributed by atoms with Crippen molar-refractivity contribution >= 4 is 32.7 Å². The van der Waals surface area contributed by atoms with Gasteiger partial charge in [-0.2, -0.15) is 0 Å². The highest BCUT2D eigenvalue weighted by Gasteiger charge is 2.16. The van der Waals surface area contributed by atoms with Crippen molar-refractivity contribution in [2.24, 2.45) is 5.73 Å². The van der Waals surface area contributed by atoms with Crippen molar-refractivity contribution in [3.63, 3.8) is 0 Å². The molecule has 2 aromatic carbocycles. The Hall–Kier alpha value is -3.63. The van der Waals surface area contributed by atoms with Gasteiger partial charge < -0.3 is 11.1 Å². The number of aromatic nitrogens is 3. The van der Waals surface area contributed by atoms with Crippen LogP contribution in [0.3, 0.4) is 0 Å². The van der Waals surface area contributed by atoms with Gasteiger partial charge in [-0.15, -0.1) is 0 Å². The average Bonchev–Trinajstić information content (AvgIpc) is 2.83. The molecule has 0 saturated heterocycles. The number of sulfonamides is 1. The molecule has 4 N–H and O–H groups in total. The summed E-state index contributed by atoms with van der Waals surface area (Å²) in [5.41, 5.74) is 9.32. The van der Waals surface area contributed by atoms with Gasteiger partial charge in [-0.1, -0.05) is 43.3 Å². The van der Waals surface area contributed by atoms with E-state index in [1.54, 1.807) is 42.6 Å². The quantitative estimate of drug-likeness (QED) is 0.334. The summed E-state index contributed by atoms with van der Waals surface area (Å²) in [6, 6.07) is 14.9. The molecule has 0 radical (unpaired) electrons. The molecule has 8 nitrogen and oxygen atoms in total. The van der Waals surface area contributed by atoms with E-state index < -0.39 is 15.8 Å². The minimum atomic E-state index is -3.77. The summed E-state index contributed by atoms with van der Waals surface area (Å²) in [6.07, 6.45) is 2.31. The van der Waals surface area contributed by atoms with Crippen molar-refractivity contribution in [1.82, 2.24) is 15.0 Å². The lowest BCUT2D eigenvalue weighted by molar-refractivity contribution is 0.598. The number of aryl methyl sites for hydroxylation is 1. The molecule has 0 saturated carbocycles. The lowest BCUT2D eigenvalue weighted by Crippen LogP contribution is -2.16. The Morgan fingerprint density at radius 2 is 1.85 bits per heavy atom. The number of fused-ring (bicyclic) bond motifs is 1. The summed E-state index contributed by atoms with van der Waals surface area (Å²) >= 11 is 0. The van der Waals surface area contributed by atoms with Crippen LogP contribution < -0.4 is 15.8 Å². The second-order valence-corrected chi connectivity index (χ2v) is 9.43. The molecule has 0 aliphatic carbocycles. The fraction of sp³-hybridized carbons (Fsp3) is 0.208. The third-order valence-corrected chi connectivity index (χ3v) is 6.41. The van der Waals surface area contributed by atoms with Gasteiger partial charge in [-0.25, -0.2) is 27.8 Å². The van der Waals surface area contributed by atoms with Crippen molar-refractivity contribution in [1.29, 1.82) is 0 Å². The smallest absolute Gasteiger partial charge is 0.237 e. The Bertz CT molecular complexity index is 1410. The molecular weight excluding hydrogens is 455 g/mol. The summed E-state index contributed by atoms with van der Waals surface area (Å²) in [5, 5.41) is 3.05. The molecule has 4 rings (SSSR count). The molecule has 2 heterocycles. The summed E-state index contributed by atoms with van der Waals surface area (Å²) in [4.78, 5) is 13.4. The topological polar surface area (TPSA) is 123 Å². The van der Waals surface area contributed by atoms with Gasteiger partial charge in [0, 0.05) is 18.7 Å². The van der Waals surface area contributed by atoms with E-state index >= 15 is 0 Å². The van der Waals surface area contributed by atoms with Crippen molar-refractivity contribution in [3.05, 3.63) is 77.7 Å². The first-order valence-corrected chi connectivity index (χ1v) is 12.5. The van der Waals surface area contributed by atoms with Gasteiger partial charge in [0.1, 0.15) is 11.3 Å². The molecule has 0 unspecified atom stereocenters. The van der Waals surface area contributed by atoms with Crippen molar-refractivity contribution in [3.8, 4) is 11.3 Å². The number of hydrogen-bond acceptors (Lipinski definition) is 7. The predicted molar refractivity (Wildman–Crippen MR) is 132 cm³/mol. The zero-order valence-corrected chi connectivity index (χ0v) is 19.4. The molecule has 0 aliphatic heterocycles. The van der Waals surface area contributed by atoms with Crippen LogP contribution in [0.5, 0.6) is 0 Å². The molecule has 0 atom stereocenters. The van der Waals surface area contributed by atoms with Crippen LogP contribution in [0.2, 0.25) is 0 Å². The number of nitrogens with one attached hydrogen (secondary N) is 2. The van der Waals surface area contributed by atoms with Crippen LogP contribution in [0, 0.1) is 5.82 Å². The van der Waals surface area contributed by atoms with Crippen LogP contribution in [0.1, 0.15) is 18.1 Å². The van der Waals surface area contributed by atoms with Crippen molar-refractivity contribution < 1.29 is 12.8 Å². The van der Waals surface area contributed by atoms with Crippen LogP contribution in [0.25, 0.3) is 22.3 Å². The summed E-state index contributed by atoms with van der Waals surface area (Å²) in [7, 11) is -3.77. The maximum Gasteiger partial charge on any atom is 0.237 e. The number of rotatable bonds is 9. The zero-order valence-electron chi connectivity index (χ0n) is 18.6. The SMILES string of the molecule is CCc1cc(-c2ccc(NS(=O)(=O)Cc3ccccc3)c(F)c2)nc2cnc(NCCN)nc12. The summed E-state index contributed by atoms with van der Waals surface area (Å²) in [5.74, 6) is -0.462. The molecule has 0 spiro atoms. The lowest BCUT2D eigenvalue weighted by Gasteiger charge is -2.12. The van der Waals surface area contributed by atoms with Gasteiger partial charge in [-0.05, 0) is 35.7 Å². The highest BCUT2D eigenvalue weighted by molar-refractivity contribution is 7.91. The largest absolute Gasteiger partial charge is 0.353 e. The van der Waals surface area contributed by atoms with Gasteiger partial charge in [0.05, 0.1) is 28.8 Å². The molecular formula is C24H25FN6O2S. The first kappa shape index (κ1) is 23.5. The maximum absolute atomic E-state index is 14.9. The molecule has 10 heteroatoms. The second-order valence-electron chi connectivity index (χ2n) is 7.70. The number of anilines is 2. The monoisotopic (exact) mass is 480 g/mol. The second kappa shape index (κ2) is 10.1. The zero-order chi connectivity index (χ0) is 24.1. The van der Waals surface area contributed by atoms with E-state index in [1.165, 1.54) is 12.1 Å². The Morgan fingerprint density at radius 1 is 1.06 bits per heavy atom. The highest BCUT2D eigenvalue weighted by Crippen LogP contribution is 2.28. The number of halogens is 1. The molecule has 176 valence electrons. The van der Waals surface area contributed by atoms with Gasteiger partial charge in [-0.3, -0.25) is 4.72 Å². The average molecular weight is 481 g/mol. The van der Waals surface area contributed by atoms with Crippen LogP contribution >= 0.6 is 0 Å². The van der Waals surface area contributed by atoms with Crippen LogP contribution in [0.4, 0.5) is 16.0 Å². The van der Waals surface area contributed by atoms with Gasteiger partial charge in [0.15, 0.2) is 0 Å². The Kier molecular flexibility index (Phi) is 6.99. The van der Waals surface area contributed by atoms with E-state index in [2.05, 4.69) is 25.0 Å². The Balaban J connectivity index is 1.61. The Morgan fingerprint density at radius 3 is 2.56 bits per heavy atom. The molecule has 0 aliphatic rings. The standard InChI is InChI=1S/C24H25FN6O2S/c1-2-17-13-21(29-22-14-28-24(27-11-10-26)30-23(17)22)18-8-9-20(19(25)12-18)31-34(32,33)15-16-6-4-3-5-7-16/h3-9,12-14,31H,2,10-11,15,26H2,1H3,(H,27,28,30). The van der Waals surface area contributed by atoms with E-state index in [1.807, 2.05) is 13.0 Å². The lowest BCUT2D eigenvalue weighted by atomic mass is 10.1. The molecule has 0 fully saturated rings. The first-order chi connectivity index (χ1) is 16.4. The van der Waals surface area contributed by atoms with Gasteiger partial charge in [0.2, 0.25) is 16.0 Å².